The lowest BCUT2D eigenvalue weighted by molar-refractivity contribution is -0.445. The second-order valence-electron chi connectivity index (χ2n) is 9.81. The molecule has 1 aliphatic heterocycles. The van der Waals surface area contributed by atoms with Gasteiger partial charge in [-0.05, 0) is 43.8 Å². The lowest BCUT2D eigenvalue weighted by Crippen LogP contribution is -2.52. The Morgan fingerprint density at radius 2 is 2.00 bits per heavy atom. The number of nitrogens with zero attached hydrogens (tertiary/aromatic N) is 4. The summed E-state index contributed by atoms with van der Waals surface area (Å²) in [6.45, 7) is -0.243. The van der Waals surface area contributed by atoms with Crippen LogP contribution in [0.1, 0.15) is 44.1 Å². The van der Waals surface area contributed by atoms with Crippen LogP contribution >= 0.6 is 0 Å². The molecule has 0 radical (unpaired) electrons. The molecule has 3 aliphatic carbocycles. The van der Waals surface area contributed by atoms with Gasteiger partial charge in [-0.25, -0.2) is 22.3 Å². The van der Waals surface area contributed by atoms with Crippen molar-refractivity contribution in [2.75, 3.05) is 13.2 Å². The third-order valence-corrected chi connectivity index (χ3v) is 8.85. The highest BCUT2D eigenvalue weighted by molar-refractivity contribution is 7.90. The van der Waals surface area contributed by atoms with Crippen LogP contribution in [0, 0.1) is 5.92 Å². The number of carbonyl (C=O) groups excluding carboxylic acids is 2. The van der Waals surface area contributed by atoms with Gasteiger partial charge < -0.3 is 0 Å². The molecule has 9 nitrogen and oxygen atoms in total. The van der Waals surface area contributed by atoms with Crippen LogP contribution in [0.3, 0.4) is 0 Å². The van der Waals surface area contributed by atoms with Gasteiger partial charge in [-0.1, -0.05) is 18.9 Å². The van der Waals surface area contributed by atoms with Gasteiger partial charge in [-0.3, -0.25) is 4.68 Å². The van der Waals surface area contributed by atoms with Crippen molar-refractivity contribution in [3.63, 3.8) is 0 Å². The van der Waals surface area contributed by atoms with Gasteiger partial charge in [0.25, 0.3) is 0 Å². The summed E-state index contributed by atoms with van der Waals surface area (Å²) in [6, 6.07) is -0.411. The zero-order chi connectivity index (χ0) is 24.1. The highest BCUT2D eigenvalue weighted by Crippen LogP contribution is 2.37. The van der Waals surface area contributed by atoms with Crippen LogP contribution in [0.4, 0.5) is 9.18 Å². The molecule has 182 valence electrons. The summed E-state index contributed by atoms with van der Waals surface area (Å²) >= 11 is 0. The summed E-state index contributed by atoms with van der Waals surface area (Å²) in [7, 11) is -2.19. The maximum atomic E-state index is 13.5. The molecule has 11 heteroatoms. The summed E-state index contributed by atoms with van der Waals surface area (Å²) in [5.41, 5.74) is 0.291. The number of aromatic nitrogens is 2. The third-order valence-electron chi connectivity index (χ3n) is 7.12. The molecule has 34 heavy (non-hydrogen) atoms. The predicted molar refractivity (Wildman–Crippen MR) is 122 cm³/mol. The van der Waals surface area contributed by atoms with Crippen LogP contribution < -0.4 is 4.72 Å². The van der Waals surface area contributed by atoms with E-state index in [2.05, 4.69) is 9.82 Å². The number of urea groups is 1. The molecular formula is C23H29FN5O4S+. The molecule has 2 heterocycles. The predicted octanol–water partition coefficient (Wildman–Crippen LogP) is 1.81. The first-order valence-electron chi connectivity index (χ1n) is 11.7. The van der Waals surface area contributed by atoms with Gasteiger partial charge in [0.2, 0.25) is 10.0 Å². The quantitative estimate of drug-likeness (QED) is 0.560. The van der Waals surface area contributed by atoms with Crippen LogP contribution in [0.2, 0.25) is 0 Å². The molecule has 0 bridgehead atoms. The maximum Gasteiger partial charge on any atom is 0.501 e. The van der Waals surface area contributed by atoms with Crippen molar-refractivity contribution in [1.29, 1.82) is 0 Å². The van der Waals surface area contributed by atoms with E-state index in [9.17, 15) is 22.4 Å². The number of rotatable bonds is 8. The van der Waals surface area contributed by atoms with Crippen molar-refractivity contribution < 1.29 is 27.0 Å². The Hall–Kier alpha value is -2.66. The number of imide groups is 1. The number of sulfonamides is 1. The smallest absolute Gasteiger partial charge is 0.275 e. The van der Waals surface area contributed by atoms with E-state index < -0.39 is 39.4 Å². The zero-order valence-corrected chi connectivity index (χ0v) is 19.9. The fourth-order valence-corrected chi connectivity index (χ4v) is 6.56. The largest absolute Gasteiger partial charge is 0.501 e. The highest BCUT2D eigenvalue weighted by Gasteiger charge is 2.49. The van der Waals surface area contributed by atoms with Crippen LogP contribution in [0.25, 0.3) is 0 Å². The van der Waals surface area contributed by atoms with E-state index in [0.717, 1.165) is 30.6 Å². The summed E-state index contributed by atoms with van der Waals surface area (Å²) in [5, 5.41) is 2.99. The van der Waals surface area contributed by atoms with E-state index in [1.165, 1.54) is 12.2 Å². The first-order chi connectivity index (χ1) is 16.2. The number of hydrogen-bond acceptors (Lipinski definition) is 5. The number of amides is 3. The third kappa shape index (κ3) is 4.26. The minimum Gasteiger partial charge on any atom is -0.275 e. The lowest BCUT2D eigenvalue weighted by Gasteiger charge is -2.27. The first-order valence-corrected chi connectivity index (χ1v) is 13.2. The minimum atomic E-state index is -3.95. The summed E-state index contributed by atoms with van der Waals surface area (Å²) in [5.74, 6) is -0.204. The summed E-state index contributed by atoms with van der Waals surface area (Å²) < 4.78 is 45.0. The molecule has 1 aromatic rings. The maximum absolute atomic E-state index is 13.5. The Morgan fingerprint density at radius 1 is 1.26 bits per heavy atom. The molecule has 3 amide bonds. The second-order valence-corrected chi connectivity index (χ2v) is 11.6. The number of allylic oxidation sites excluding steroid dienone is 1. The number of hydrogen-bond donors (Lipinski definition) is 1. The fraction of sp³-hybridized carbons (Fsp3) is 0.565. The molecule has 0 spiro atoms. The van der Waals surface area contributed by atoms with Gasteiger partial charge in [0.15, 0.2) is 0 Å². The first kappa shape index (κ1) is 23.1. The van der Waals surface area contributed by atoms with Gasteiger partial charge in [-0.15, -0.1) is 0 Å². The number of fused-ring (bicyclic) bond motifs is 1. The minimum absolute atomic E-state index is 0.0433. The van der Waals surface area contributed by atoms with Crippen molar-refractivity contribution in [2.24, 2.45) is 13.0 Å². The number of carbonyl (C=O) groups is 2. The number of halogens is 1. The van der Waals surface area contributed by atoms with Crippen molar-refractivity contribution in [3.05, 3.63) is 41.8 Å². The van der Waals surface area contributed by atoms with Crippen LogP contribution in [-0.4, -0.2) is 69.3 Å². The molecule has 5 rings (SSSR count). The number of aryl methyl sites for hydroxylation is 1. The van der Waals surface area contributed by atoms with E-state index in [1.807, 2.05) is 0 Å². The highest BCUT2D eigenvalue weighted by atomic mass is 32.2. The number of alkyl halides is 1. The molecule has 4 aliphatic rings. The van der Waals surface area contributed by atoms with Crippen molar-refractivity contribution in [3.8, 4) is 0 Å². The Bertz CT molecular complexity index is 1220. The Labute approximate surface area is 198 Å². The molecule has 2 fully saturated rings. The van der Waals surface area contributed by atoms with Crippen molar-refractivity contribution in [1.82, 2.24) is 19.4 Å². The topological polar surface area (TPSA) is 104 Å². The van der Waals surface area contributed by atoms with Gasteiger partial charge in [0.05, 0.1) is 18.3 Å². The van der Waals surface area contributed by atoms with Crippen LogP contribution in [0.15, 0.2) is 36.2 Å². The van der Waals surface area contributed by atoms with Crippen LogP contribution in [0.5, 0.6) is 0 Å². The van der Waals surface area contributed by atoms with E-state index in [-0.39, 0.29) is 12.1 Å². The Morgan fingerprint density at radius 3 is 2.62 bits per heavy atom. The molecule has 2 saturated carbocycles. The van der Waals surface area contributed by atoms with Crippen molar-refractivity contribution >= 4 is 27.7 Å². The normalized spacial score (nSPS) is 24.6. The molecule has 0 aromatic carbocycles. The fourth-order valence-electron chi connectivity index (χ4n) is 4.96. The van der Waals surface area contributed by atoms with E-state index in [1.54, 1.807) is 34.8 Å². The van der Waals surface area contributed by atoms with Gasteiger partial charge in [0, 0.05) is 18.8 Å². The summed E-state index contributed by atoms with van der Waals surface area (Å²) in [4.78, 5) is 28.1. The lowest BCUT2D eigenvalue weighted by atomic mass is 9.98. The monoisotopic (exact) mass is 490 g/mol. The van der Waals surface area contributed by atoms with Gasteiger partial charge in [-0.2, -0.15) is 19.4 Å². The van der Waals surface area contributed by atoms with E-state index in [0.29, 0.717) is 36.6 Å². The Kier molecular flexibility index (Phi) is 5.79. The molecule has 1 N–H and O–H groups in total. The molecule has 0 saturated heterocycles. The molecule has 1 aromatic heterocycles. The molecule has 1 unspecified atom stereocenters. The average Bonchev–Trinajstić information content (AvgIpc) is 3.17. The number of nitrogens with one attached hydrogen (secondary N) is 1. The van der Waals surface area contributed by atoms with Gasteiger partial charge >= 0.3 is 11.9 Å². The standard InChI is InChI=1S/C23H29FN5O4S/c1-27-12-17(11-25-27)14-29-21(30)19-10-18(34(32,33)26-23(15-24)8-9-23)6-7-20(19)28(22(29)31)13-16-4-2-3-5-16/h6-7,10-12,16,18,26H,2-5,8-9,13-15H2,1H3/q+1. The molecule has 1 atom stereocenters. The summed E-state index contributed by atoms with van der Waals surface area (Å²) in [6.07, 6.45) is 12.9. The van der Waals surface area contributed by atoms with Crippen molar-refractivity contribution in [2.45, 2.75) is 55.9 Å². The zero-order valence-electron chi connectivity index (χ0n) is 19.1. The Balaban J connectivity index is 1.50. The van der Waals surface area contributed by atoms with E-state index >= 15 is 0 Å². The van der Waals surface area contributed by atoms with E-state index in [4.69, 9.17) is 0 Å². The SMILES string of the molecule is Cn1cc(CN2C(=O)C3=CC(S(=O)(=O)NC4(CF)CC4)C=CC3=[N+](CC3CCCC3)C2=O)cn1. The molecular weight excluding hydrogens is 461 g/mol. The average molecular weight is 491 g/mol. The van der Waals surface area contributed by atoms with Gasteiger partial charge in [0.1, 0.15) is 29.8 Å². The van der Waals surface area contributed by atoms with Crippen LogP contribution in [-0.2, 0) is 28.4 Å². The second kappa shape index (κ2) is 8.53.